The molecule has 0 aliphatic rings. The maximum atomic E-state index is 10.1. The molecule has 0 bridgehead atoms. The van der Waals surface area contributed by atoms with Crippen molar-refractivity contribution in [3.05, 3.63) is 52.5 Å². The summed E-state index contributed by atoms with van der Waals surface area (Å²) in [7, 11) is 0. The van der Waals surface area contributed by atoms with Gasteiger partial charge in [-0.3, -0.25) is 10.1 Å². The Morgan fingerprint density at radius 1 is 1.11 bits per heavy atom. The van der Waals surface area contributed by atoms with Crippen molar-refractivity contribution in [2.24, 2.45) is 0 Å². The molecule has 11 nitrogen and oxygen atoms in total. The van der Waals surface area contributed by atoms with Gasteiger partial charge < -0.3 is 9.47 Å². The van der Waals surface area contributed by atoms with Crippen LogP contribution in [0.15, 0.2) is 42.4 Å². The number of nitro groups is 1. The standard InChI is InChI=1S/C17H22N6O2.C7H11NO2/c1-4-7-8-23-17(20-21-22-23)16-12-9-14(24-5-2)15(25-6-3)10-13(12)18-11-19-16;1-3-5-6-7(4-2)8(9)10/h9-11H,4-8H2,1-3H3;4-6H,3H2,1-2H3/b;6-5-,7-4+. The second-order valence-electron chi connectivity index (χ2n) is 7.26. The number of aromatic nitrogens is 6. The van der Waals surface area contributed by atoms with Crippen molar-refractivity contribution in [1.82, 2.24) is 30.2 Å². The van der Waals surface area contributed by atoms with E-state index in [9.17, 15) is 10.1 Å². The van der Waals surface area contributed by atoms with Crippen LogP contribution in [0.25, 0.3) is 22.4 Å². The average molecular weight is 484 g/mol. The lowest BCUT2D eigenvalue weighted by atomic mass is 10.1. The molecule has 0 aliphatic carbocycles. The number of nitrogens with zero attached hydrogens (tertiary/aromatic N) is 7. The summed E-state index contributed by atoms with van der Waals surface area (Å²) < 4.78 is 13.2. The highest BCUT2D eigenvalue weighted by Crippen LogP contribution is 2.35. The van der Waals surface area contributed by atoms with Crippen LogP contribution in [0.3, 0.4) is 0 Å². The van der Waals surface area contributed by atoms with Gasteiger partial charge in [-0.2, -0.15) is 0 Å². The Bertz CT molecular complexity index is 1160. The first kappa shape index (κ1) is 27.4. The van der Waals surface area contributed by atoms with Crippen molar-refractivity contribution in [2.45, 2.75) is 60.4 Å². The molecule has 2 heterocycles. The Hall–Kier alpha value is -3.89. The van der Waals surface area contributed by atoms with Crippen LogP contribution >= 0.6 is 0 Å². The van der Waals surface area contributed by atoms with E-state index < -0.39 is 4.92 Å². The Morgan fingerprint density at radius 2 is 1.83 bits per heavy atom. The van der Waals surface area contributed by atoms with Crippen molar-refractivity contribution in [3.8, 4) is 23.0 Å². The number of hydrogen-bond donors (Lipinski definition) is 0. The molecule has 0 saturated carbocycles. The van der Waals surface area contributed by atoms with Crippen molar-refractivity contribution < 1.29 is 14.4 Å². The number of unbranched alkanes of at least 4 members (excludes halogenated alkanes) is 1. The Kier molecular flexibility index (Phi) is 11.2. The fourth-order valence-electron chi connectivity index (χ4n) is 3.11. The van der Waals surface area contributed by atoms with Crippen LogP contribution in [-0.4, -0.2) is 48.3 Å². The molecular formula is C24H33N7O4. The first-order valence-electron chi connectivity index (χ1n) is 11.8. The zero-order chi connectivity index (χ0) is 25.6. The SMILES string of the molecule is C/C=C(\C=C/CC)[N+](=O)[O-].CCCCn1nnnc1-c1ncnc2cc(OCC)c(OCC)cc12. The van der Waals surface area contributed by atoms with Crippen molar-refractivity contribution in [3.63, 3.8) is 0 Å². The number of ether oxygens (including phenoxy) is 2. The minimum Gasteiger partial charge on any atom is -0.490 e. The van der Waals surface area contributed by atoms with Crippen LogP contribution in [0.5, 0.6) is 11.5 Å². The van der Waals surface area contributed by atoms with E-state index in [0.717, 1.165) is 36.7 Å². The predicted octanol–water partition coefficient (Wildman–Crippen LogP) is 5.01. The summed E-state index contributed by atoms with van der Waals surface area (Å²) in [6.07, 6.45) is 9.16. The summed E-state index contributed by atoms with van der Waals surface area (Å²) in [6, 6.07) is 3.77. The van der Waals surface area contributed by atoms with Gasteiger partial charge in [0.15, 0.2) is 11.5 Å². The second-order valence-corrected chi connectivity index (χ2v) is 7.26. The maximum absolute atomic E-state index is 10.1. The van der Waals surface area contributed by atoms with E-state index in [2.05, 4.69) is 32.4 Å². The van der Waals surface area contributed by atoms with Gasteiger partial charge in [-0.15, -0.1) is 5.10 Å². The van der Waals surface area contributed by atoms with E-state index in [1.807, 2.05) is 32.9 Å². The lowest BCUT2D eigenvalue weighted by Crippen LogP contribution is -2.05. The van der Waals surface area contributed by atoms with Crippen LogP contribution in [0.4, 0.5) is 0 Å². The third-order valence-corrected chi connectivity index (χ3v) is 4.80. The van der Waals surface area contributed by atoms with Crippen LogP contribution in [0, 0.1) is 10.1 Å². The minimum atomic E-state index is -0.397. The highest BCUT2D eigenvalue weighted by atomic mass is 16.6. The molecule has 0 unspecified atom stereocenters. The lowest BCUT2D eigenvalue weighted by Gasteiger charge is -2.13. The fraction of sp³-hybridized carbons (Fsp3) is 0.458. The van der Waals surface area contributed by atoms with E-state index in [1.54, 1.807) is 17.7 Å². The number of tetrazole rings is 1. The van der Waals surface area contributed by atoms with E-state index in [-0.39, 0.29) is 5.70 Å². The summed E-state index contributed by atoms with van der Waals surface area (Å²) in [6.45, 7) is 11.4. The molecule has 3 rings (SSSR count). The second kappa shape index (κ2) is 14.4. The van der Waals surface area contributed by atoms with Gasteiger partial charge >= 0.3 is 0 Å². The molecule has 3 aromatic rings. The van der Waals surface area contributed by atoms with Gasteiger partial charge in [0.25, 0.3) is 5.70 Å². The molecule has 0 aliphatic heterocycles. The first-order chi connectivity index (χ1) is 17.0. The highest BCUT2D eigenvalue weighted by molar-refractivity contribution is 5.92. The molecule has 2 aromatic heterocycles. The molecule has 0 amide bonds. The zero-order valence-electron chi connectivity index (χ0n) is 21.0. The topological polar surface area (TPSA) is 131 Å². The third kappa shape index (κ3) is 7.56. The number of aryl methyl sites for hydroxylation is 1. The van der Waals surface area contributed by atoms with E-state index in [4.69, 9.17) is 9.47 Å². The Morgan fingerprint density at radius 3 is 2.43 bits per heavy atom. The third-order valence-electron chi connectivity index (χ3n) is 4.80. The average Bonchev–Trinajstić information content (AvgIpc) is 3.32. The smallest absolute Gasteiger partial charge is 0.264 e. The monoisotopic (exact) mass is 483 g/mol. The lowest BCUT2D eigenvalue weighted by molar-refractivity contribution is -0.419. The van der Waals surface area contributed by atoms with Crippen molar-refractivity contribution in [2.75, 3.05) is 13.2 Å². The van der Waals surface area contributed by atoms with Crippen LogP contribution in [0.1, 0.15) is 53.9 Å². The minimum absolute atomic E-state index is 0.154. The number of rotatable bonds is 11. The number of fused-ring (bicyclic) bond motifs is 1. The van der Waals surface area contributed by atoms with Gasteiger partial charge in [-0.25, -0.2) is 14.6 Å². The van der Waals surface area contributed by atoms with Gasteiger partial charge in [-0.1, -0.05) is 26.3 Å². The van der Waals surface area contributed by atoms with Gasteiger partial charge in [0.1, 0.15) is 12.0 Å². The maximum Gasteiger partial charge on any atom is 0.264 e. The molecule has 0 fully saturated rings. The molecule has 0 spiro atoms. The molecule has 0 radical (unpaired) electrons. The fourth-order valence-corrected chi connectivity index (χ4v) is 3.11. The highest BCUT2D eigenvalue weighted by Gasteiger charge is 2.17. The van der Waals surface area contributed by atoms with Gasteiger partial charge in [-0.05, 0) is 56.2 Å². The molecule has 0 atom stereocenters. The molecule has 188 valence electrons. The summed E-state index contributed by atoms with van der Waals surface area (Å²) >= 11 is 0. The Balaban J connectivity index is 0.000000367. The van der Waals surface area contributed by atoms with Crippen LogP contribution in [0.2, 0.25) is 0 Å². The summed E-state index contributed by atoms with van der Waals surface area (Å²) in [5.74, 6) is 1.97. The van der Waals surface area contributed by atoms with Gasteiger partial charge in [0.05, 0.1) is 23.7 Å². The van der Waals surface area contributed by atoms with Crippen molar-refractivity contribution >= 4 is 10.9 Å². The van der Waals surface area contributed by atoms with Gasteiger partial charge in [0.2, 0.25) is 5.82 Å². The number of hydrogen-bond acceptors (Lipinski definition) is 9. The normalized spacial score (nSPS) is 11.4. The molecule has 0 saturated heterocycles. The molecule has 0 N–H and O–H groups in total. The van der Waals surface area contributed by atoms with Crippen molar-refractivity contribution in [1.29, 1.82) is 0 Å². The first-order valence-corrected chi connectivity index (χ1v) is 11.8. The van der Waals surface area contributed by atoms with E-state index in [1.165, 1.54) is 18.5 Å². The quantitative estimate of drug-likeness (QED) is 0.210. The van der Waals surface area contributed by atoms with E-state index >= 15 is 0 Å². The number of benzene rings is 1. The van der Waals surface area contributed by atoms with Crippen LogP contribution < -0.4 is 9.47 Å². The molecule has 35 heavy (non-hydrogen) atoms. The van der Waals surface area contributed by atoms with E-state index in [0.29, 0.717) is 36.2 Å². The predicted molar refractivity (Wildman–Crippen MR) is 134 cm³/mol. The van der Waals surface area contributed by atoms with Gasteiger partial charge in [0, 0.05) is 24.1 Å². The zero-order valence-corrected chi connectivity index (χ0v) is 21.0. The summed E-state index contributed by atoms with van der Waals surface area (Å²) in [5.41, 5.74) is 1.61. The number of allylic oxidation sites excluding steroid dienone is 3. The summed E-state index contributed by atoms with van der Waals surface area (Å²) in [4.78, 5) is 18.5. The molecule has 11 heteroatoms. The van der Waals surface area contributed by atoms with Crippen LogP contribution in [-0.2, 0) is 6.54 Å². The molecule has 1 aromatic carbocycles. The largest absolute Gasteiger partial charge is 0.490 e. The Labute approximate surface area is 205 Å². The molecular weight excluding hydrogens is 450 g/mol. The summed E-state index contributed by atoms with van der Waals surface area (Å²) in [5, 5.41) is 23.0.